The van der Waals surface area contributed by atoms with Gasteiger partial charge in [-0.1, -0.05) is 12.1 Å². The predicted molar refractivity (Wildman–Crippen MR) is 95.6 cm³/mol. The Kier molecular flexibility index (Phi) is 5.19. The lowest BCUT2D eigenvalue weighted by atomic mass is 10.1. The maximum absolute atomic E-state index is 12.3. The van der Waals surface area contributed by atoms with Crippen LogP contribution >= 0.6 is 0 Å². The van der Waals surface area contributed by atoms with E-state index in [-0.39, 0.29) is 11.8 Å². The quantitative estimate of drug-likeness (QED) is 0.927. The first kappa shape index (κ1) is 17.2. The number of nitrogens with one attached hydrogen (secondary N) is 1. The van der Waals surface area contributed by atoms with Gasteiger partial charge in [-0.25, -0.2) is 0 Å². The highest BCUT2D eigenvalue weighted by Crippen LogP contribution is 2.18. The summed E-state index contributed by atoms with van der Waals surface area (Å²) in [5, 5.41) is 2.98. The number of aryl methyl sites for hydroxylation is 1. The minimum absolute atomic E-state index is 0.0282. The molecule has 2 amide bonds. The molecule has 0 aliphatic carbocycles. The molecule has 132 valence electrons. The lowest BCUT2D eigenvalue weighted by Crippen LogP contribution is -2.50. The van der Waals surface area contributed by atoms with Gasteiger partial charge in [-0.05, 0) is 43.2 Å². The lowest BCUT2D eigenvalue weighted by molar-refractivity contribution is -0.117. The molecule has 1 aliphatic rings. The molecule has 0 atom stereocenters. The molecule has 6 heteroatoms. The van der Waals surface area contributed by atoms with Gasteiger partial charge in [0.15, 0.2) is 5.76 Å². The van der Waals surface area contributed by atoms with Gasteiger partial charge in [-0.3, -0.25) is 14.5 Å². The first-order valence-electron chi connectivity index (χ1n) is 8.46. The fraction of sp³-hybridized carbons (Fsp3) is 0.368. The number of piperazine rings is 1. The minimum atomic E-state index is -0.0931. The van der Waals surface area contributed by atoms with Crippen LogP contribution in [0.4, 0.5) is 5.69 Å². The van der Waals surface area contributed by atoms with E-state index in [0.29, 0.717) is 38.5 Å². The molecule has 0 radical (unpaired) electrons. The van der Waals surface area contributed by atoms with Crippen LogP contribution in [0.2, 0.25) is 0 Å². The van der Waals surface area contributed by atoms with Crippen LogP contribution in [0.3, 0.4) is 0 Å². The van der Waals surface area contributed by atoms with Crippen molar-refractivity contribution in [1.82, 2.24) is 9.80 Å². The summed E-state index contributed by atoms with van der Waals surface area (Å²) < 4.78 is 5.16. The zero-order valence-electron chi connectivity index (χ0n) is 14.6. The molecule has 1 saturated heterocycles. The summed E-state index contributed by atoms with van der Waals surface area (Å²) in [4.78, 5) is 28.4. The van der Waals surface area contributed by atoms with Crippen molar-refractivity contribution in [2.24, 2.45) is 0 Å². The van der Waals surface area contributed by atoms with E-state index < -0.39 is 0 Å². The van der Waals surface area contributed by atoms with E-state index in [2.05, 4.69) is 10.2 Å². The molecule has 1 aromatic heterocycles. The summed E-state index contributed by atoms with van der Waals surface area (Å²) in [6.07, 6.45) is 1.50. The Morgan fingerprint density at radius 1 is 1.08 bits per heavy atom. The molecule has 2 aromatic rings. The average Bonchev–Trinajstić information content (AvgIpc) is 3.13. The first-order chi connectivity index (χ1) is 12.0. The van der Waals surface area contributed by atoms with Gasteiger partial charge in [0.25, 0.3) is 5.91 Å². The Morgan fingerprint density at radius 3 is 2.52 bits per heavy atom. The summed E-state index contributed by atoms with van der Waals surface area (Å²) in [7, 11) is 0. The standard InChI is InChI=1S/C19H23N3O3/c1-14-5-3-6-16(15(14)2)20-18(23)13-21-8-10-22(11-9-21)19(24)17-7-4-12-25-17/h3-7,12H,8-11,13H2,1-2H3,(H,20,23). The van der Waals surface area contributed by atoms with Crippen LogP contribution < -0.4 is 5.32 Å². The second kappa shape index (κ2) is 7.53. The fourth-order valence-electron chi connectivity index (χ4n) is 2.94. The monoisotopic (exact) mass is 341 g/mol. The number of amides is 2. The van der Waals surface area contributed by atoms with Crippen molar-refractivity contribution in [3.63, 3.8) is 0 Å². The number of furan rings is 1. The van der Waals surface area contributed by atoms with Gasteiger partial charge in [-0.15, -0.1) is 0 Å². The van der Waals surface area contributed by atoms with Crippen molar-refractivity contribution in [2.45, 2.75) is 13.8 Å². The Balaban J connectivity index is 1.49. The van der Waals surface area contributed by atoms with E-state index >= 15 is 0 Å². The SMILES string of the molecule is Cc1cccc(NC(=O)CN2CCN(C(=O)c3ccco3)CC2)c1C. The molecule has 0 unspecified atom stereocenters. The van der Waals surface area contributed by atoms with Crippen LogP contribution in [0.1, 0.15) is 21.7 Å². The summed E-state index contributed by atoms with van der Waals surface area (Å²) >= 11 is 0. The molecule has 0 bridgehead atoms. The van der Waals surface area contributed by atoms with Gasteiger partial charge in [0.1, 0.15) is 0 Å². The highest BCUT2D eigenvalue weighted by molar-refractivity contribution is 5.93. The van der Waals surface area contributed by atoms with Crippen LogP contribution in [0, 0.1) is 13.8 Å². The third kappa shape index (κ3) is 4.09. The number of rotatable bonds is 4. The molecule has 6 nitrogen and oxygen atoms in total. The van der Waals surface area contributed by atoms with Crippen molar-refractivity contribution < 1.29 is 14.0 Å². The number of benzene rings is 1. The largest absolute Gasteiger partial charge is 0.459 e. The number of hydrogen-bond donors (Lipinski definition) is 1. The lowest BCUT2D eigenvalue weighted by Gasteiger charge is -2.33. The van der Waals surface area contributed by atoms with E-state index in [1.54, 1.807) is 17.0 Å². The molecular formula is C19H23N3O3. The van der Waals surface area contributed by atoms with Crippen molar-refractivity contribution in [2.75, 3.05) is 38.0 Å². The van der Waals surface area contributed by atoms with Crippen LogP contribution in [-0.2, 0) is 4.79 Å². The number of carbonyl (C=O) groups is 2. The number of hydrogen-bond acceptors (Lipinski definition) is 4. The Morgan fingerprint density at radius 2 is 1.84 bits per heavy atom. The maximum atomic E-state index is 12.3. The summed E-state index contributed by atoms with van der Waals surface area (Å²) in [6.45, 7) is 6.90. The highest BCUT2D eigenvalue weighted by atomic mass is 16.3. The van der Waals surface area contributed by atoms with E-state index in [1.807, 2.05) is 32.0 Å². The Bertz CT molecular complexity index is 747. The molecular weight excluding hydrogens is 318 g/mol. The summed E-state index contributed by atoms with van der Waals surface area (Å²) in [6, 6.07) is 9.27. The third-order valence-electron chi connectivity index (χ3n) is 4.64. The second-order valence-corrected chi connectivity index (χ2v) is 6.34. The van der Waals surface area contributed by atoms with Crippen molar-refractivity contribution in [3.8, 4) is 0 Å². The third-order valence-corrected chi connectivity index (χ3v) is 4.64. The van der Waals surface area contributed by atoms with Crippen LogP contribution in [-0.4, -0.2) is 54.3 Å². The molecule has 0 saturated carbocycles. The van der Waals surface area contributed by atoms with Crippen LogP contribution in [0.25, 0.3) is 0 Å². The van der Waals surface area contributed by atoms with E-state index in [1.165, 1.54) is 6.26 Å². The first-order valence-corrected chi connectivity index (χ1v) is 8.46. The summed E-state index contributed by atoms with van der Waals surface area (Å²) in [5.41, 5.74) is 3.10. The van der Waals surface area contributed by atoms with Gasteiger partial charge in [0.2, 0.25) is 5.91 Å². The molecule has 2 heterocycles. The molecule has 1 fully saturated rings. The number of nitrogens with zero attached hydrogens (tertiary/aromatic N) is 2. The van der Waals surface area contributed by atoms with Crippen molar-refractivity contribution in [1.29, 1.82) is 0 Å². The minimum Gasteiger partial charge on any atom is -0.459 e. The zero-order chi connectivity index (χ0) is 17.8. The maximum Gasteiger partial charge on any atom is 0.289 e. The van der Waals surface area contributed by atoms with Crippen LogP contribution in [0.15, 0.2) is 41.0 Å². The van der Waals surface area contributed by atoms with E-state index in [0.717, 1.165) is 16.8 Å². The van der Waals surface area contributed by atoms with Crippen LogP contribution in [0.5, 0.6) is 0 Å². The predicted octanol–water partition coefficient (Wildman–Crippen LogP) is 2.29. The topological polar surface area (TPSA) is 65.8 Å². The Labute approximate surface area is 147 Å². The van der Waals surface area contributed by atoms with Gasteiger partial charge in [0, 0.05) is 31.9 Å². The molecule has 3 rings (SSSR count). The van der Waals surface area contributed by atoms with Gasteiger partial charge >= 0.3 is 0 Å². The van der Waals surface area contributed by atoms with Crippen molar-refractivity contribution >= 4 is 17.5 Å². The molecule has 0 spiro atoms. The van der Waals surface area contributed by atoms with Gasteiger partial charge in [-0.2, -0.15) is 0 Å². The Hall–Kier alpha value is -2.60. The molecule has 25 heavy (non-hydrogen) atoms. The van der Waals surface area contributed by atoms with Gasteiger partial charge in [0.05, 0.1) is 12.8 Å². The fourth-order valence-corrected chi connectivity index (χ4v) is 2.94. The molecule has 1 aromatic carbocycles. The van der Waals surface area contributed by atoms with E-state index in [4.69, 9.17) is 4.42 Å². The summed E-state index contributed by atoms with van der Waals surface area (Å²) in [5.74, 6) is 0.241. The second-order valence-electron chi connectivity index (χ2n) is 6.34. The number of carbonyl (C=O) groups excluding carboxylic acids is 2. The van der Waals surface area contributed by atoms with Crippen molar-refractivity contribution in [3.05, 3.63) is 53.5 Å². The van der Waals surface area contributed by atoms with E-state index in [9.17, 15) is 9.59 Å². The zero-order valence-corrected chi connectivity index (χ0v) is 14.6. The normalized spacial score (nSPS) is 15.2. The smallest absolute Gasteiger partial charge is 0.289 e. The highest BCUT2D eigenvalue weighted by Gasteiger charge is 2.24. The molecule has 1 aliphatic heterocycles. The average molecular weight is 341 g/mol. The number of anilines is 1. The van der Waals surface area contributed by atoms with Gasteiger partial charge < -0.3 is 14.6 Å². The molecule has 1 N–H and O–H groups in total.